The van der Waals surface area contributed by atoms with Gasteiger partial charge < -0.3 is 20.4 Å². The van der Waals surface area contributed by atoms with Gasteiger partial charge in [-0.1, -0.05) is 36.4 Å². The van der Waals surface area contributed by atoms with Gasteiger partial charge in [-0.2, -0.15) is 0 Å². The number of fused-ring (bicyclic) bond motifs is 1. The SMILES string of the molecule is C=C(N[C@@H](C)c1nc2cccc(Cl)c2c(=O)n1-c1cc(F)cc(F)c1)c1c(N=CN)n(Cc2ccc(OC)cc2)ccc1=O. The highest BCUT2D eigenvalue weighted by molar-refractivity contribution is 6.35. The van der Waals surface area contributed by atoms with Crippen LogP contribution in [0.5, 0.6) is 5.75 Å². The van der Waals surface area contributed by atoms with Gasteiger partial charge in [0.2, 0.25) is 0 Å². The molecule has 0 aliphatic rings. The maximum atomic E-state index is 14.3. The predicted molar refractivity (Wildman–Crippen MR) is 168 cm³/mol. The van der Waals surface area contributed by atoms with E-state index in [0.717, 1.165) is 28.6 Å². The molecule has 0 fully saturated rings. The van der Waals surface area contributed by atoms with Gasteiger partial charge in [-0.25, -0.2) is 18.8 Å². The molecule has 0 aliphatic carbocycles. The van der Waals surface area contributed by atoms with Crippen LogP contribution in [0.3, 0.4) is 0 Å². The molecular formula is C32H27ClF2N6O3. The van der Waals surface area contributed by atoms with E-state index in [1.54, 1.807) is 36.9 Å². The first-order valence-electron chi connectivity index (χ1n) is 13.4. The molecule has 3 aromatic carbocycles. The van der Waals surface area contributed by atoms with Crippen LogP contribution in [0.25, 0.3) is 22.3 Å². The van der Waals surface area contributed by atoms with E-state index in [1.807, 2.05) is 24.3 Å². The fraction of sp³-hybridized carbons (Fsp3) is 0.125. The number of nitrogens with one attached hydrogen (secondary N) is 1. The first kappa shape index (κ1) is 30.2. The third-order valence-corrected chi connectivity index (χ3v) is 7.23. The van der Waals surface area contributed by atoms with Gasteiger partial charge in [0.25, 0.3) is 5.56 Å². The Morgan fingerprint density at radius 3 is 2.50 bits per heavy atom. The van der Waals surface area contributed by atoms with Crippen molar-refractivity contribution in [1.82, 2.24) is 19.4 Å². The molecular weight excluding hydrogens is 590 g/mol. The Hall–Kier alpha value is -5.29. The number of halogens is 3. The second kappa shape index (κ2) is 12.5. The second-order valence-corrected chi connectivity index (χ2v) is 10.3. The number of methoxy groups -OCH3 is 1. The van der Waals surface area contributed by atoms with Crippen molar-refractivity contribution >= 4 is 40.4 Å². The molecule has 0 bridgehead atoms. The molecule has 224 valence electrons. The summed E-state index contributed by atoms with van der Waals surface area (Å²) < 4.78 is 36.6. The summed E-state index contributed by atoms with van der Waals surface area (Å²) in [5.74, 6) is -0.732. The number of aromatic nitrogens is 3. The molecule has 9 nitrogen and oxygen atoms in total. The van der Waals surface area contributed by atoms with Crippen molar-refractivity contribution in [3.8, 4) is 11.4 Å². The molecule has 0 spiro atoms. The molecule has 0 unspecified atom stereocenters. The van der Waals surface area contributed by atoms with Crippen LogP contribution in [-0.4, -0.2) is 27.6 Å². The zero-order valence-electron chi connectivity index (χ0n) is 23.7. The molecule has 12 heteroatoms. The van der Waals surface area contributed by atoms with E-state index < -0.39 is 23.2 Å². The summed E-state index contributed by atoms with van der Waals surface area (Å²) in [4.78, 5) is 35.8. The second-order valence-electron chi connectivity index (χ2n) is 9.85. The van der Waals surface area contributed by atoms with Gasteiger partial charge in [-0.3, -0.25) is 14.2 Å². The van der Waals surface area contributed by atoms with E-state index >= 15 is 0 Å². The van der Waals surface area contributed by atoms with Crippen LogP contribution in [0.15, 0.2) is 94.1 Å². The van der Waals surface area contributed by atoms with Crippen molar-refractivity contribution in [3.63, 3.8) is 0 Å². The number of aliphatic imine (C=N–C) groups is 1. The minimum atomic E-state index is -0.881. The summed E-state index contributed by atoms with van der Waals surface area (Å²) in [5, 5.41) is 3.34. The highest BCUT2D eigenvalue weighted by Crippen LogP contribution is 2.27. The number of rotatable bonds is 9. The molecule has 2 aromatic heterocycles. The Kier molecular flexibility index (Phi) is 8.59. The molecule has 5 rings (SSSR count). The van der Waals surface area contributed by atoms with E-state index in [-0.39, 0.29) is 49.9 Å². The van der Waals surface area contributed by atoms with Crippen LogP contribution >= 0.6 is 11.6 Å². The Bertz CT molecular complexity index is 2020. The Balaban J connectivity index is 1.59. The molecule has 0 aliphatic heterocycles. The van der Waals surface area contributed by atoms with Gasteiger partial charge in [0.15, 0.2) is 5.43 Å². The van der Waals surface area contributed by atoms with E-state index in [9.17, 15) is 18.4 Å². The number of pyridine rings is 1. The van der Waals surface area contributed by atoms with Crippen molar-refractivity contribution in [3.05, 3.63) is 134 Å². The van der Waals surface area contributed by atoms with Crippen molar-refractivity contribution in [2.24, 2.45) is 10.7 Å². The quantitative estimate of drug-likeness (QED) is 0.167. The lowest BCUT2D eigenvalue weighted by Gasteiger charge is -2.23. The molecule has 5 aromatic rings. The molecule has 3 N–H and O–H groups in total. The predicted octanol–water partition coefficient (Wildman–Crippen LogP) is 5.48. The molecule has 0 radical (unpaired) electrons. The minimum absolute atomic E-state index is 0.0812. The Morgan fingerprint density at radius 1 is 1.14 bits per heavy atom. The maximum absolute atomic E-state index is 14.3. The number of nitrogens with two attached hydrogens (primary N) is 1. The van der Waals surface area contributed by atoms with Crippen molar-refractivity contribution in [2.75, 3.05) is 7.11 Å². The number of ether oxygens (including phenoxy) is 1. The average molecular weight is 617 g/mol. The first-order chi connectivity index (χ1) is 21.1. The van der Waals surface area contributed by atoms with E-state index in [4.69, 9.17) is 22.1 Å². The number of hydrogen-bond donors (Lipinski definition) is 2. The smallest absolute Gasteiger partial charge is 0.267 e. The lowest BCUT2D eigenvalue weighted by Crippen LogP contribution is -2.30. The number of hydrogen-bond acceptors (Lipinski definition) is 6. The van der Waals surface area contributed by atoms with E-state index in [1.165, 1.54) is 12.1 Å². The number of benzene rings is 3. The normalized spacial score (nSPS) is 12.0. The Labute approximate surface area is 255 Å². The maximum Gasteiger partial charge on any atom is 0.267 e. The summed E-state index contributed by atoms with van der Waals surface area (Å²) in [6.45, 7) is 6.10. The highest BCUT2D eigenvalue weighted by Gasteiger charge is 2.23. The highest BCUT2D eigenvalue weighted by atomic mass is 35.5. The summed E-state index contributed by atoms with van der Waals surface area (Å²) in [6.07, 6.45) is 2.67. The van der Waals surface area contributed by atoms with Crippen LogP contribution < -0.4 is 26.8 Å². The molecule has 1 atom stereocenters. The van der Waals surface area contributed by atoms with Crippen LogP contribution in [0.2, 0.25) is 5.02 Å². The van der Waals surface area contributed by atoms with Crippen LogP contribution in [-0.2, 0) is 6.54 Å². The largest absolute Gasteiger partial charge is 0.497 e. The topological polar surface area (TPSA) is 117 Å². The van der Waals surface area contributed by atoms with Crippen LogP contribution in [0.1, 0.15) is 29.9 Å². The standard InChI is InChI=1S/C32H27ClF2N6O3/c1-18(28-27(42)11-12-40(31(28)37-17-36)16-20-7-9-24(44-3)10-8-20)38-19(2)30-39-26-6-4-5-25(33)29(26)32(43)41(30)23-14-21(34)13-22(35)15-23/h4-15,17,19,38H,1,16H2,2-3H3,(H2,36,37)/t19-/m0/s1. The summed E-state index contributed by atoms with van der Waals surface area (Å²) >= 11 is 6.33. The van der Waals surface area contributed by atoms with Gasteiger partial charge in [0.05, 0.1) is 46.7 Å². The number of nitrogens with zero attached hydrogens (tertiary/aromatic N) is 4. The molecule has 0 saturated heterocycles. The molecule has 2 heterocycles. The average Bonchev–Trinajstić information content (AvgIpc) is 2.98. The lowest BCUT2D eigenvalue weighted by molar-refractivity contribution is 0.414. The van der Waals surface area contributed by atoms with Crippen molar-refractivity contribution < 1.29 is 13.5 Å². The van der Waals surface area contributed by atoms with Crippen LogP contribution in [0.4, 0.5) is 14.6 Å². The van der Waals surface area contributed by atoms with Gasteiger partial charge in [-0.05, 0) is 48.9 Å². The first-order valence-corrected chi connectivity index (χ1v) is 13.7. The van der Waals surface area contributed by atoms with Crippen LogP contribution in [0, 0.1) is 11.6 Å². The monoisotopic (exact) mass is 616 g/mol. The van der Waals surface area contributed by atoms with E-state index in [0.29, 0.717) is 18.4 Å². The van der Waals surface area contributed by atoms with Gasteiger partial charge in [-0.15, -0.1) is 0 Å². The van der Waals surface area contributed by atoms with Crippen molar-refractivity contribution in [1.29, 1.82) is 0 Å². The third-order valence-electron chi connectivity index (χ3n) is 6.91. The molecule has 44 heavy (non-hydrogen) atoms. The molecule has 0 saturated carbocycles. The zero-order chi connectivity index (χ0) is 31.5. The molecule has 0 amide bonds. The fourth-order valence-electron chi connectivity index (χ4n) is 4.93. The van der Waals surface area contributed by atoms with Gasteiger partial charge in [0, 0.05) is 30.6 Å². The fourth-order valence-corrected chi connectivity index (χ4v) is 5.18. The van der Waals surface area contributed by atoms with Gasteiger partial charge >= 0.3 is 0 Å². The van der Waals surface area contributed by atoms with E-state index in [2.05, 4.69) is 21.9 Å². The van der Waals surface area contributed by atoms with Gasteiger partial charge in [0.1, 0.15) is 29.0 Å². The zero-order valence-corrected chi connectivity index (χ0v) is 24.5. The summed E-state index contributed by atoms with van der Waals surface area (Å²) in [5.41, 5.74) is 6.03. The summed E-state index contributed by atoms with van der Waals surface area (Å²) in [7, 11) is 1.58. The Morgan fingerprint density at radius 2 is 1.84 bits per heavy atom. The third kappa shape index (κ3) is 5.95. The lowest BCUT2D eigenvalue weighted by atomic mass is 10.1. The minimum Gasteiger partial charge on any atom is -0.497 e. The summed E-state index contributed by atoms with van der Waals surface area (Å²) in [6, 6.07) is 15.5. The van der Waals surface area contributed by atoms with Crippen molar-refractivity contribution in [2.45, 2.75) is 19.5 Å².